The summed E-state index contributed by atoms with van der Waals surface area (Å²) < 4.78 is 36.2. The molecule has 1 aliphatic heterocycles. The van der Waals surface area contributed by atoms with E-state index in [1.807, 2.05) is 6.92 Å². The third-order valence-electron chi connectivity index (χ3n) is 4.24. The molecule has 158 valence electrons. The molecule has 2 amide bonds. The van der Waals surface area contributed by atoms with E-state index in [1.165, 1.54) is 12.1 Å². The summed E-state index contributed by atoms with van der Waals surface area (Å²) in [6.45, 7) is 6.52. The zero-order valence-electron chi connectivity index (χ0n) is 17.2. The highest BCUT2D eigenvalue weighted by molar-refractivity contribution is 7.86. The molecular formula is C22H23NO6S. The number of aryl methyl sites for hydroxylation is 1. The van der Waals surface area contributed by atoms with Crippen LogP contribution in [0.1, 0.15) is 31.9 Å². The maximum atomic E-state index is 13.0. The van der Waals surface area contributed by atoms with E-state index in [4.69, 9.17) is 8.92 Å². The SMILES string of the molecule is Cc1ccc(S(=O)(=O)OC2=C(c3ccccc3)C(=O)N(C(=O)OC(C)(C)C)C2)cc1. The van der Waals surface area contributed by atoms with E-state index >= 15 is 0 Å². The van der Waals surface area contributed by atoms with Gasteiger partial charge >= 0.3 is 16.2 Å². The molecule has 3 rings (SSSR count). The van der Waals surface area contributed by atoms with E-state index in [0.717, 1.165) is 10.5 Å². The Morgan fingerprint density at radius 2 is 1.60 bits per heavy atom. The molecule has 0 saturated heterocycles. The van der Waals surface area contributed by atoms with Gasteiger partial charge in [-0.15, -0.1) is 0 Å². The van der Waals surface area contributed by atoms with Crippen molar-refractivity contribution in [3.8, 4) is 0 Å². The zero-order valence-corrected chi connectivity index (χ0v) is 18.0. The van der Waals surface area contributed by atoms with Crippen LogP contribution in [0, 0.1) is 6.92 Å². The molecule has 0 aliphatic carbocycles. The normalized spacial score (nSPS) is 14.8. The van der Waals surface area contributed by atoms with Crippen molar-refractivity contribution in [3.05, 3.63) is 71.5 Å². The van der Waals surface area contributed by atoms with Gasteiger partial charge in [0.15, 0.2) is 5.76 Å². The number of carbonyl (C=O) groups excluding carboxylic acids is 2. The van der Waals surface area contributed by atoms with Crippen LogP contribution in [0.4, 0.5) is 4.79 Å². The minimum Gasteiger partial charge on any atom is -0.443 e. The van der Waals surface area contributed by atoms with Gasteiger partial charge in [0.25, 0.3) is 5.91 Å². The lowest BCUT2D eigenvalue weighted by Crippen LogP contribution is -2.38. The summed E-state index contributed by atoms with van der Waals surface area (Å²) in [6, 6.07) is 14.6. The fourth-order valence-electron chi connectivity index (χ4n) is 2.86. The molecule has 2 aromatic rings. The van der Waals surface area contributed by atoms with Crippen LogP contribution in [0.15, 0.2) is 65.3 Å². The average molecular weight is 429 g/mol. The van der Waals surface area contributed by atoms with Crippen molar-refractivity contribution in [2.45, 2.75) is 38.2 Å². The van der Waals surface area contributed by atoms with Crippen molar-refractivity contribution >= 4 is 27.7 Å². The van der Waals surface area contributed by atoms with Crippen LogP contribution >= 0.6 is 0 Å². The Kier molecular flexibility index (Phi) is 5.72. The van der Waals surface area contributed by atoms with Gasteiger partial charge in [-0.3, -0.25) is 4.79 Å². The second-order valence-corrected chi connectivity index (χ2v) is 9.43. The number of rotatable bonds is 4. The van der Waals surface area contributed by atoms with Crippen LogP contribution in [0.3, 0.4) is 0 Å². The first-order chi connectivity index (χ1) is 14.0. The topological polar surface area (TPSA) is 90.0 Å². The molecule has 7 nitrogen and oxygen atoms in total. The molecule has 0 fully saturated rings. The summed E-state index contributed by atoms with van der Waals surface area (Å²) in [5.74, 6) is -0.804. The van der Waals surface area contributed by atoms with Crippen LogP contribution in [0.5, 0.6) is 0 Å². The van der Waals surface area contributed by atoms with Gasteiger partial charge in [-0.05, 0) is 45.4 Å². The standard InChI is InChI=1S/C22H23NO6S/c1-15-10-12-17(13-11-15)30(26,27)29-18-14-23(21(25)28-22(2,3)4)20(24)19(18)16-8-6-5-7-9-16/h5-13H,14H2,1-4H3. The van der Waals surface area contributed by atoms with Gasteiger partial charge in [-0.2, -0.15) is 8.42 Å². The van der Waals surface area contributed by atoms with E-state index in [1.54, 1.807) is 63.2 Å². The van der Waals surface area contributed by atoms with Gasteiger partial charge in [-0.1, -0.05) is 48.0 Å². The third kappa shape index (κ3) is 4.71. The first-order valence-corrected chi connectivity index (χ1v) is 10.7. The van der Waals surface area contributed by atoms with E-state index in [0.29, 0.717) is 5.56 Å². The summed E-state index contributed by atoms with van der Waals surface area (Å²) >= 11 is 0. The molecule has 0 saturated carbocycles. The highest BCUT2D eigenvalue weighted by atomic mass is 32.2. The van der Waals surface area contributed by atoms with Crippen LogP contribution in [0.2, 0.25) is 0 Å². The third-order valence-corrected chi connectivity index (χ3v) is 5.51. The predicted molar refractivity (Wildman–Crippen MR) is 111 cm³/mol. The number of benzene rings is 2. The number of imide groups is 1. The maximum absolute atomic E-state index is 13.0. The predicted octanol–water partition coefficient (Wildman–Crippen LogP) is 3.89. The number of hydrogen-bond donors (Lipinski definition) is 0. The monoisotopic (exact) mass is 429 g/mol. The molecule has 1 aliphatic rings. The first kappa shape index (κ1) is 21.6. The lowest BCUT2D eigenvalue weighted by atomic mass is 10.1. The molecular weight excluding hydrogens is 406 g/mol. The van der Waals surface area contributed by atoms with Gasteiger partial charge in [0.05, 0.1) is 12.1 Å². The second kappa shape index (κ2) is 7.95. The molecule has 0 atom stereocenters. The van der Waals surface area contributed by atoms with E-state index in [-0.39, 0.29) is 22.8 Å². The van der Waals surface area contributed by atoms with Crippen molar-refractivity contribution in [1.82, 2.24) is 4.90 Å². The fraction of sp³-hybridized carbons (Fsp3) is 0.273. The summed E-state index contributed by atoms with van der Waals surface area (Å²) in [5.41, 5.74) is 0.534. The largest absolute Gasteiger partial charge is 0.443 e. The molecule has 0 N–H and O–H groups in total. The van der Waals surface area contributed by atoms with E-state index in [2.05, 4.69) is 0 Å². The van der Waals surface area contributed by atoms with Crippen LogP contribution in [-0.4, -0.2) is 37.5 Å². The van der Waals surface area contributed by atoms with Crippen molar-refractivity contribution in [1.29, 1.82) is 0 Å². The lowest BCUT2D eigenvalue weighted by molar-refractivity contribution is -0.123. The minimum absolute atomic E-state index is 0.0112. The van der Waals surface area contributed by atoms with Crippen LogP contribution in [-0.2, 0) is 23.8 Å². The molecule has 0 aromatic heterocycles. The van der Waals surface area contributed by atoms with Gasteiger partial charge in [0.1, 0.15) is 10.5 Å². The highest BCUT2D eigenvalue weighted by Gasteiger charge is 2.40. The van der Waals surface area contributed by atoms with Crippen molar-refractivity contribution in [2.24, 2.45) is 0 Å². The fourth-order valence-corrected chi connectivity index (χ4v) is 3.82. The summed E-state index contributed by atoms with van der Waals surface area (Å²) in [4.78, 5) is 26.3. The van der Waals surface area contributed by atoms with Crippen molar-refractivity contribution in [3.63, 3.8) is 0 Å². The number of hydrogen-bond acceptors (Lipinski definition) is 6. The molecule has 0 radical (unpaired) electrons. The molecule has 2 aromatic carbocycles. The Labute approximate surface area is 176 Å². The maximum Gasteiger partial charge on any atom is 0.417 e. The minimum atomic E-state index is -4.20. The molecule has 8 heteroatoms. The van der Waals surface area contributed by atoms with Gasteiger partial charge in [0, 0.05) is 0 Å². The Bertz CT molecular complexity index is 1100. The molecule has 1 heterocycles. The summed E-state index contributed by atoms with van der Waals surface area (Å²) in [7, 11) is -4.20. The Morgan fingerprint density at radius 3 is 2.17 bits per heavy atom. The van der Waals surface area contributed by atoms with Gasteiger partial charge in [0.2, 0.25) is 0 Å². The van der Waals surface area contributed by atoms with Crippen LogP contribution < -0.4 is 0 Å². The molecule has 0 bridgehead atoms. The molecule has 30 heavy (non-hydrogen) atoms. The van der Waals surface area contributed by atoms with Gasteiger partial charge < -0.3 is 8.92 Å². The zero-order chi connectivity index (χ0) is 22.1. The Hall–Kier alpha value is -3.13. The number of carbonyl (C=O) groups is 2. The summed E-state index contributed by atoms with van der Waals surface area (Å²) in [5, 5.41) is 0. The average Bonchev–Trinajstić information content (AvgIpc) is 2.97. The van der Waals surface area contributed by atoms with E-state index < -0.39 is 27.7 Å². The first-order valence-electron chi connectivity index (χ1n) is 9.32. The van der Waals surface area contributed by atoms with Crippen molar-refractivity contribution < 1.29 is 26.9 Å². The second-order valence-electron chi connectivity index (χ2n) is 7.89. The van der Waals surface area contributed by atoms with Gasteiger partial charge in [-0.25, -0.2) is 9.69 Å². The lowest BCUT2D eigenvalue weighted by Gasteiger charge is -2.23. The molecule has 0 spiro atoms. The number of amides is 2. The highest BCUT2D eigenvalue weighted by Crippen LogP contribution is 2.32. The smallest absolute Gasteiger partial charge is 0.417 e. The Balaban J connectivity index is 1.99. The Morgan fingerprint density at radius 1 is 1.00 bits per heavy atom. The number of nitrogens with zero attached hydrogens (tertiary/aromatic N) is 1. The number of ether oxygens (including phenoxy) is 1. The van der Waals surface area contributed by atoms with Crippen molar-refractivity contribution in [2.75, 3.05) is 6.54 Å². The quantitative estimate of drug-likeness (QED) is 0.685. The molecule has 0 unspecified atom stereocenters. The van der Waals surface area contributed by atoms with Crippen LogP contribution in [0.25, 0.3) is 5.57 Å². The summed E-state index contributed by atoms with van der Waals surface area (Å²) in [6.07, 6.45) is -0.868. The van der Waals surface area contributed by atoms with E-state index in [9.17, 15) is 18.0 Å².